The van der Waals surface area contributed by atoms with E-state index in [9.17, 15) is 0 Å². The second-order valence-corrected chi connectivity index (χ2v) is 6.83. The van der Waals surface area contributed by atoms with Gasteiger partial charge in [-0.2, -0.15) is 0 Å². The SMILES string of the molecule is CCN(Cc1cccs1)C(CN)CC(C)(C)C. The molecule has 2 N–H and O–H groups in total. The van der Waals surface area contributed by atoms with Crippen molar-refractivity contribution in [3.63, 3.8) is 0 Å². The molecular weight excluding hydrogens is 228 g/mol. The van der Waals surface area contributed by atoms with Crippen molar-refractivity contribution in [3.05, 3.63) is 22.4 Å². The van der Waals surface area contributed by atoms with Gasteiger partial charge < -0.3 is 5.73 Å². The highest BCUT2D eigenvalue weighted by molar-refractivity contribution is 7.09. The number of nitrogens with two attached hydrogens (primary N) is 1. The van der Waals surface area contributed by atoms with Gasteiger partial charge in [-0.05, 0) is 29.8 Å². The van der Waals surface area contributed by atoms with Crippen molar-refractivity contribution >= 4 is 11.3 Å². The zero-order chi connectivity index (χ0) is 12.9. The van der Waals surface area contributed by atoms with Crippen LogP contribution in [0.2, 0.25) is 0 Å². The van der Waals surface area contributed by atoms with Crippen molar-refractivity contribution in [2.45, 2.75) is 46.7 Å². The maximum Gasteiger partial charge on any atom is 0.0331 e. The summed E-state index contributed by atoms with van der Waals surface area (Å²) in [4.78, 5) is 3.93. The Labute approximate surface area is 110 Å². The maximum absolute atomic E-state index is 5.95. The van der Waals surface area contributed by atoms with Gasteiger partial charge in [0.1, 0.15) is 0 Å². The maximum atomic E-state index is 5.95. The zero-order valence-electron chi connectivity index (χ0n) is 11.6. The minimum Gasteiger partial charge on any atom is -0.329 e. The van der Waals surface area contributed by atoms with Crippen LogP contribution in [0.25, 0.3) is 0 Å². The van der Waals surface area contributed by atoms with Gasteiger partial charge in [0.25, 0.3) is 0 Å². The van der Waals surface area contributed by atoms with Gasteiger partial charge in [0.15, 0.2) is 0 Å². The van der Waals surface area contributed by atoms with Crippen LogP contribution in [0, 0.1) is 5.41 Å². The summed E-state index contributed by atoms with van der Waals surface area (Å²) in [6.07, 6.45) is 1.16. The third-order valence-corrected chi connectivity index (χ3v) is 3.84. The Hall–Kier alpha value is -0.380. The van der Waals surface area contributed by atoms with Crippen LogP contribution in [-0.2, 0) is 6.54 Å². The number of likely N-dealkylation sites (N-methyl/N-ethyl adjacent to an activating group) is 1. The average molecular weight is 254 g/mol. The summed E-state index contributed by atoms with van der Waals surface area (Å²) < 4.78 is 0. The molecule has 1 aromatic heterocycles. The van der Waals surface area contributed by atoms with Crippen LogP contribution < -0.4 is 5.73 Å². The summed E-state index contributed by atoms with van der Waals surface area (Å²) in [5.74, 6) is 0. The molecule has 3 heteroatoms. The van der Waals surface area contributed by atoms with Crippen LogP contribution in [-0.4, -0.2) is 24.0 Å². The Bertz CT molecular complexity index is 301. The first kappa shape index (κ1) is 14.7. The van der Waals surface area contributed by atoms with Gasteiger partial charge in [0, 0.05) is 24.0 Å². The second kappa shape index (κ2) is 6.53. The van der Waals surface area contributed by atoms with Crippen molar-refractivity contribution in [2.24, 2.45) is 11.1 Å². The molecule has 0 aromatic carbocycles. The van der Waals surface area contributed by atoms with Crippen molar-refractivity contribution in [1.82, 2.24) is 4.90 Å². The highest BCUT2D eigenvalue weighted by Crippen LogP contribution is 2.24. The van der Waals surface area contributed by atoms with E-state index >= 15 is 0 Å². The summed E-state index contributed by atoms with van der Waals surface area (Å²) in [6, 6.07) is 4.81. The molecule has 1 rings (SSSR count). The summed E-state index contributed by atoms with van der Waals surface area (Å²) >= 11 is 1.83. The Morgan fingerprint density at radius 1 is 1.41 bits per heavy atom. The smallest absolute Gasteiger partial charge is 0.0331 e. The third kappa shape index (κ3) is 5.19. The van der Waals surface area contributed by atoms with Gasteiger partial charge in [0.05, 0.1) is 0 Å². The van der Waals surface area contributed by atoms with E-state index in [4.69, 9.17) is 5.73 Å². The summed E-state index contributed by atoms with van der Waals surface area (Å²) in [6.45, 7) is 11.9. The fourth-order valence-corrected chi connectivity index (χ4v) is 2.90. The molecule has 0 spiro atoms. The van der Waals surface area contributed by atoms with Crippen LogP contribution in [0.15, 0.2) is 17.5 Å². The highest BCUT2D eigenvalue weighted by Gasteiger charge is 2.22. The van der Waals surface area contributed by atoms with Crippen LogP contribution >= 0.6 is 11.3 Å². The monoisotopic (exact) mass is 254 g/mol. The summed E-state index contributed by atoms with van der Waals surface area (Å²) in [5, 5.41) is 2.14. The first-order valence-corrected chi connectivity index (χ1v) is 7.30. The molecule has 2 nitrogen and oxygen atoms in total. The lowest BCUT2D eigenvalue weighted by atomic mass is 9.87. The molecule has 0 aliphatic heterocycles. The van der Waals surface area contributed by atoms with Crippen molar-refractivity contribution < 1.29 is 0 Å². The Balaban J connectivity index is 2.63. The minimum atomic E-state index is 0.340. The molecule has 1 atom stereocenters. The van der Waals surface area contributed by atoms with Crippen LogP contribution in [0.4, 0.5) is 0 Å². The molecule has 1 unspecified atom stereocenters. The van der Waals surface area contributed by atoms with Gasteiger partial charge in [0.2, 0.25) is 0 Å². The number of hydrogen-bond acceptors (Lipinski definition) is 3. The average Bonchev–Trinajstić information content (AvgIpc) is 2.74. The predicted octanol–water partition coefficient (Wildman–Crippen LogP) is 3.33. The zero-order valence-corrected chi connectivity index (χ0v) is 12.4. The first-order valence-electron chi connectivity index (χ1n) is 6.42. The van der Waals surface area contributed by atoms with Crippen molar-refractivity contribution in [1.29, 1.82) is 0 Å². The van der Waals surface area contributed by atoms with Crippen LogP contribution in [0.3, 0.4) is 0 Å². The number of rotatable bonds is 6. The Morgan fingerprint density at radius 2 is 2.12 bits per heavy atom. The van der Waals surface area contributed by atoms with E-state index in [0.29, 0.717) is 11.5 Å². The van der Waals surface area contributed by atoms with E-state index in [-0.39, 0.29) is 0 Å². The van der Waals surface area contributed by atoms with E-state index in [1.165, 1.54) is 4.88 Å². The largest absolute Gasteiger partial charge is 0.329 e. The molecular formula is C14H26N2S. The van der Waals surface area contributed by atoms with Crippen molar-refractivity contribution in [2.75, 3.05) is 13.1 Å². The number of thiophene rings is 1. The molecule has 0 amide bonds. The Morgan fingerprint density at radius 3 is 2.53 bits per heavy atom. The van der Waals surface area contributed by atoms with E-state index in [1.54, 1.807) is 0 Å². The molecule has 0 radical (unpaired) electrons. The summed E-state index contributed by atoms with van der Waals surface area (Å²) in [7, 11) is 0. The molecule has 0 bridgehead atoms. The molecule has 0 saturated heterocycles. The van der Waals surface area contributed by atoms with Crippen LogP contribution in [0.5, 0.6) is 0 Å². The topological polar surface area (TPSA) is 29.3 Å². The van der Waals surface area contributed by atoms with Gasteiger partial charge in [-0.3, -0.25) is 4.90 Å². The molecule has 0 fully saturated rings. The fourth-order valence-electron chi connectivity index (χ4n) is 2.17. The first-order chi connectivity index (χ1) is 7.96. The summed E-state index contributed by atoms with van der Waals surface area (Å²) in [5.41, 5.74) is 6.29. The van der Waals surface area contributed by atoms with Crippen LogP contribution in [0.1, 0.15) is 39.0 Å². The quantitative estimate of drug-likeness (QED) is 0.843. The van der Waals surface area contributed by atoms with E-state index in [2.05, 4.69) is 50.1 Å². The van der Waals surface area contributed by atoms with E-state index in [1.807, 2.05) is 11.3 Å². The number of nitrogens with zero attached hydrogens (tertiary/aromatic N) is 1. The standard InChI is InChI=1S/C14H26N2S/c1-5-16(11-13-7-6-8-17-13)12(10-15)9-14(2,3)4/h6-8,12H,5,9-11,15H2,1-4H3. The van der Waals surface area contributed by atoms with Gasteiger partial charge in [-0.1, -0.05) is 33.8 Å². The van der Waals surface area contributed by atoms with Gasteiger partial charge in [-0.25, -0.2) is 0 Å². The van der Waals surface area contributed by atoms with E-state index in [0.717, 1.165) is 26.1 Å². The predicted molar refractivity (Wildman–Crippen MR) is 77.3 cm³/mol. The second-order valence-electron chi connectivity index (χ2n) is 5.80. The van der Waals surface area contributed by atoms with Crippen molar-refractivity contribution in [3.8, 4) is 0 Å². The molecule has 0 aliphatic carbocycles. The fraction of sp³-hybridized carbons (Fsp3) is 0.714. The molecule has 1 heterocycles. The minimum absolute atomic E-state index is 0.340. The molecule has 1 aromatic rings. The van der Waals surface area contributed by atoms with Gasteiger partial charge >= 0.3 is 0 Å². The molecule has 0 saturated carbocycles. The lowest BCUT2D eigenvalue weighted by Gasteiger charge is -2.34. The lowest BCUT2D eigenvalue weighted by Crippen LogP contribution is -2.42. The van der Waals surface area contributed by atoms with Gasteiger partial charge in [-0.15, -0.1) is 11.3 Å². The van der Waals surface area contributed by atoms with E-state index < -0.39 is 0 Å². The number of hydrogen-bond donors (Lipinski definition) is 1. The molecule has 0 aliphatic rings. The molecule has 98 valence electrons. The normalized spacial score (nSPS) is 14.2. The third-order valence-electron chi connectivity index (χ3n) is 2.98. The Kier molecular flexibility index (Phi) is 5.63. The molecule has 17 heavy (non-hydrogen) atoms. The highest BCUT2D eigenvalue weighted by atomic mass is 32.1. The lowest BCUT2D eigenvalue weighted by molar-refractivity contribution is 0.153.